The fourth-order valence-electron chi connectivity index (χ4n) is 2.08. The molecule has 0 aromatic carbocycles. The number of aliphatic hydroxyl groups is 2. The molecule has 0 aromatic rings. The summed E-state index contributed by atoms with van der Waals surface area (Å²) in [5, 5.41) is 22.6. The highest BCUT2D eigenvalue weighted by molar-refractivity contribution is 4.85. The molecule has 0 unspecified atom stereocenters. The van der Waals surface area contributed by atoms with Crippen LogP contribution in [0.15, 0.2) is 0 Å². The molecule has 0 amide bonds. The average molecular weight is 215 g/mol. The van der Waals surface area contributed by atoms with Crippen LogP contribution in [0.5, 0.6) is 0 Å². The molecule has 0 saturated heterocycles. The highest BCUT2D eigenvalue weighted by Gasteiger charge is 2.29. The summed E-state index contributed by atoms with van der Waals surface area (Å²) in [5.74, 6) is 0. The molecule has 0 aromatic heterocycles. The maximum absolute atomic E-state index is 10.2. The lowest BCUT2D eigenvalue weighted by Crippen LogP contribution is -2.45. The summed E-state index contributed by atoms with van der Waals surface area (Å²) in [5.41, 5.74) is -0.588. The zero-order valence-electron chi connectivity index (χ0n) is 10.1. The van der Waals surface area contributed by atoms with Crippen molar-refractivity contribution in [3.05, 3.63) is 0 Å². The van der Waals surface area contributed by atoms with Crippen LogP contribution >= 0.6 is 0 Å². The van der Waals surface area contributed by atoms with Crippen LogP contribution in [0.3, 0.4) is 0 Å². The Morgan fingerprint density at radius 1 is 1.20 bits per heavy atom. The van der Waals surface area contributed by atoms with Gasteiger partial charge in [-0.3, -0.25) is 0 Å². The van der Waals surface area contributed by atoms with Crippen molar-refractivity contribution >= 4 is 0 Å². The van der Waals surface area contributed by atoms with Crippen LogP contribution in [-0.4, -0.2) is 35.5 Å². The van der Waals surface area contributed by atoms with Crippen molar-refractivity contribution in [3.63, 3.8) is 0 Å². The Morgan fingerprint density at radius 3 is 2.33 bits per heavy atom. The molecule has 0 atom stereocenters. The van der Waals surface area contributed by atoms with Gasteiger partial charge in [0.2, 0.25) is 0 Å². The molecule has 1 aliphatic rings. The van der Waals surface area contributed by atoms with Crippen LogP contribution in [0.4, 0.5) is 0 Å². The van der Waals surface area contributed by atoms with Crippen LogP contribution in [0.1, 0.15) is 46.0 Å². The zero-order valence-corrected chi connectivity index (χ0v) is 10.1. The summed E-state index contributed by atoms with van der Waals surface area (Å²) >= 11 is 0. The Morgan fingerprint density at radius 2 is 1.80 bits per heavy atom. The van der Waals surface area contributed by atoms with E-state index in [1.165, 1.54) is 6.42 Å². The molecule has 15 heavy (non-hydrogen) atoms. The molecule has 1 saturated carbocycles. The first-order chi connectivity index (χ1) is 6.97. The highest BCUT2D eigenvalue weighted by atomic mass is 16.3. The second kappa shape index (κ2) is 5.28. The summed E-state index contributed by atoms with van der Waals surface area (Å²) in [6.45, 7) is 5.64. The minimum Gasteiger partial charge on any atom is -0.396 e. The van der Waals surface area contributed by atoms with Gasteiger partial charge in [-0.15, -0.1) is 0 Å². The predicted octanol–water partition coefficient (Wildman–Crippen LogP) is 1.29. The van der Waals surface area contributed by atoms with Crippen molar-refractivity contribution in [2.75, 3.05) is 19.7 Å². The van der Waals surface area contributed by atoms with Crippen molar-refractivity contribution in [2.24, 2.45) is 5.41 Å². The smallest absolute Gasteiger partial charge is 0.0771 e. The molecule has 1 aliphatic carbocycles. The number of rotatable bonds is 5. The summed E-state index contributed by atoms with van der Waals surface area (Å²) in [6.07, 6.45) is 5.37. The molecule has 90 valence electrons. The van der Waals surface area contributed by atoms with Gasteiger partial charge in [-0.2, -0.15) is 0 Å². The average Bonchev–Trinajstić information content (AvgIpc) is 2.18. The minimum absolute atomic E-state index is 0.0922. The van der Waals surface area contributed by atoms with E-state index < -0.39 is 5.60 Å². The highest BCUT2D eigenvalue weighted by Crippen LogP contribution is 2.27. The molecule has 3 heteroatoms. The molecule has 0 radical (unpaired) electrons. The normalized spacial score (nSPS) is 21.6. The Labute approximate surface area is 92.9 Å². The van der Waals surface area contributed by atoms with Crippen molar-refractivity contribution < 1.29 is 10.2 Å². The monoisotopic (exact) mass is 215 g/mol. The van der Waals surface area contributed by atoms with E-state index in [0.717, 1.165) is 32.2 Å². The predicted molar refractivity (Wildman–Crippen MR) is 61.8 cm³/mol. The van der Waals surface area contributed by atoms with Gasteiger partial charge < -0.3 is 15.5 Å². The second-order valence-corrected chi connectivity index (χ2v) is 5.71. The Bertz CT molecular complexity index is 186. The Kier molecular flexibility index (Phi) is 4.56. The number of aliphatic hydroxyl groups excluding tert-OH is 1. The number of hydrogen-bond donors (Lipinski definition) is 3. The Hall–Kier alpha value is -0.120. The van der Waals surface area contributed by atoms with Crippen molar-refractivity contribution in [1.29, 1.82) is 0 Å². The molecule has 0 aliphatic heterocycles. The lowest BCUT2D eigenvalue weighted by atomic mass is 9.84. The second-order valence-electron chi connectivity index (χ2n) is 5.71. The van der Waals surface area contributed by atoms with Crippen LogP contribution < -0.4 is 5.32 Å². The summed E-state index contributed by atoms with van der Waals surface area (Å²) < 4.78 is 0. The molecule has 0 spiro atoms. The van der Waals surface area contributed by atoms with E-state index in [-0.39, 0.29) is 12.0 Å². The SMILES string of the molecule is CC(C)(CO)CNCC1(O)CCCCC1. The number of nitrogens with one attached hydrogen (secondary N) is 1. The van der Waals surface area contributed by atoms with E-state index in [4.69, 9.17) is 5.11 Å². The molecule has 1 rings (SSSR count). The van der Waals surface area contributed by atoms with E-state index in [2.05, 4.69) is 5.32 Å². The molecule has 3 N–H and O–H groups in total. The van der Waals surface area contributed by atoms with Crippen LogP contribution in [0.2, 0.25) is 0 Å². The Balaban J connectivity index is 2.24. The fourth-order valence-corrected chi connectivity index (χ4v) is 2.08. The third-order valence-corrected chi connectivity index (χ3v) is 3.27. The number of hydrogen-bond acceptors (Lipinski definition) is 3. The topological polar surface area (TPSA) is 52.5 Å². The van der Waals surface area contributed by atoms with Gasteiger partial charge in [0, 0.05) is 25.1 Å². The van der Waals surface area contributed by atoms with Crippen molar-refractivity contribution in [3.8, 4) is 0 Å². The standard InChI is InChI=1S/C12H25NO2/c1-11(2,10-14)8-13-9-12(15)6-4-3-5-7-12/h13-15H,3-10H2,1-2H3. The fraction of sp³-hybridized carbons (Fsp3) is 1.00. The van der Waals surface area contributed by atoms with Gasteiger partial charge in [-0.1, -0.05) is 33.1 Å². The van der Waals surface area contributed by atoms with Gasteiger partial charge in [0.25, 0.3) is 0 Å². The van der Waals surface area contributed by atoms with E-state index in [1.54, 1.807) is 0 Å². The van der Waals surface area contributed by atoms with Gasteiger partial charge in [0.1, 0.15) is 0 Å². The lowest BCUT2D eigenvalue weighted by molar-refractivity contribution is 0.00213. The molecule has 0 heterocycles. The van der Waals surface area contributed by atoms with Crippen LogP contribution in [-0.2, 0) is 0 Å². The summed E-state index contributed by atoms with van der Waals surface area (Å²) in [7, 11) is 0. The van der Waals surface area contributed by atoms with Gasteiger partial charge in [-0.05, 0) is 12.8 Å². The first kappa shape index (κ1) is 12.9. The molecule has 3 nitrogen and oxygen atoms in total. The van der Waals surface area contributed by atoms with E-state index >= 15 is 0 Å². The van der Waals surface area contributed by atoms with Gasteiger partial charge >= 0.3 is 0 Å². The van der Waals surface area contributed by atoms with Crippen LogP contribution in [0, 0.1) is 5.41 Å². The first-order valence-electron chi connectivity index (χ1n) is 6.01. The third-order valence-electron chi connectivity index (χ3n) is 3.27. The van der Waals surface area contributed by atoms with Gasteiger partial charge in [-0.25, -0.2) is 0 Å². The summed E-state index contributed by atoms with van der Waals surface area (Å²) in [6, 6.07) is 0. The van der Waals surface area contributed by atoms with Gasteiger partial charge in [0.15, 0.2) is 0 Å². The van der Waals surface area contributed by atoms with E-state index in [1.807, 2.05) is 13.8 Å². The third kappa shape index (κ3) is 4.49. The molecular weight excluding hydrogens is 190 g/mol. The molecule has 1 fully saturated rings. The quantitative estimate of drug-likeness (QED) is 0.648. The van der Waals surface area contributed by atoms with Crippen LogP contribution in [0.25, 0.3) is 0 Å². The first-order valence-corrected chi connectivity index (χ1v) is 6.01. The maximum atomic E-state index is 10.2. The lowest BCUT2D eigenvalue weighted by Gasteiger charge is -2.33. The van der Waals surface area contributed by atoms with Crippen molar-refractivity contribution in [2.45, 2.75) is 51.6 Å². The van der Waals surface area contributed by atoms with Gasteiger partial charge in [0.05, 0.1) is 5.60 Å². The van der Waals surface area contributed by atoms with E-state index in [9.17, 15) is 5.11 Å². The van der Waals surface area contributed by atoms with E-state index in [0.29, 0.717) is 6.54 Å². The maximum Gasteiger partial charge on any atom is 0.0771 e. The zero-order chi connectivity index (χ0) is 11.4. The molecular formula is C12H25NO2. The van der Waals surface area contributed by atoms with Crippen molar-refractivity contribution in [1.82, 2.24) is 5.32 Å². The largest absolute Gasteiger partial charge is 0.396 e. The minimum atomic E-state index is -0.496. The summed E-state index contributed by atoms with van der Waals surface area (Å²) in [4.78, 5) is 0. The molecule has 0 bridgehead atoms.